The zero-order chi connectivity index (χ0) is 13.2. The average molecular weight is 255 g/mol. The van der Waals surface area contributed by atoms with Crippen molar-refractivity contribution in [1.29, 1.82) is 0 Å². The summed E-state index contributed by atoms with van der Waals surface area (Å²) in [5, 5.41) is 4.43. The minimum absolute atomic E-state index is 0.209. The van der Waals surface area contributed by atoms with Crippen molar-refractivity contribution in [3.05, 3.63) is 59.7 Å². The molecule has 1 aromatic carbocycles. The number of aryl methyl sites for hydroxylation is 1. The van der Waals surface area contributed by atoms with Crippen LogP contribution < -0.4 is 5.32 Å². The van der Waals surface area contributed by atoms with E-state index in [2.05, 4.69) is 15.3 Å². The lowest BCUT2D eigenvalue weighted by molar-refractivity contribution is 0.627. The molecule has 0 aliphatic heterocycles. The van der Waals surface area contributed by atoms with Crippen LogP contribution >= 0.6 is 0 Å². The number of nitrogens with zero attached hydrogens (tertiary/aromatic N) is 1. The van der Waals surface area contributed by atoms with Gasteiger partial charge in [-0.3, -0.25) is 0 Å². The Labute approximate surface area is 110 Å². The largest absolute Gasteiger partial charge is 0.381 e. The second-order valence-corrected chi connectivity index (χ2v) is 4.53. The lowest BCUT2D eigenvalue weighted by Gasteiger charge is -2.08. The van der Waals surface area contributed by atoms with Gasteiger partial charge in [0.05, 0.1) is 0 Å². The number of rotatable bonds is 3. The Morgan fingerprint density at radius 2 is 2.21 bits per heavy atom. The van der Waals surface area contributed by atoms with Crippen LogP contribution in [0.5, 0.6) is 0 Å². The summed E-state index contributed by atoms with van der Waals surface area (Å²) in [5.41, 5.74) is 3.87. The first kappa shape index (κ1) is 11.7. The normalized spacial score (nSPS) is 10.8. The molecule has 0 saturated heterocycles. The van der Waals surface area contributed by atoms with Crippen LogP contribution in [-0.2, 0) is 6.54 Å². The summed E-state index contributed by atoms with van der Waals surface area (Å²) in [6, 6.07) is 8.71. The van der Waals surface area contributed by atoms with E-state index < -0.39 is 0 Å². The van der Waals surface area contributed by atoms with Crippen molar-refractivity contribution in [3.63, 3.8) is 0 Å². The second-order valence-electron chi connectivity index (χ2n) is 4.53. The van der Waals surface area contributed by atoms with E-state index in [1.807, 2.05) is 25.3 Å². The number of hydrogen-bond acceptors (Lipinski definition) is 2. The molecular weight excluding hydrogens is 241 g/mol. The number of pyridine rings is 1. The molecule has 3 aromatic rings. The zero-order valence-electron chi connectivity index (χ0n) is 10.6. The first-order chi connectivity index (χ1) is 9.24. The molecule has 0 bridgehead atoms. The summed E-state index contributed by atoms with van der Waals surface area (Å²) >= 11 is 0. The van der Waals surface area contributed by atoms with E-state index in [0.29, 0.717) is 6.54 Å². The molecule has 0 radical (unpaired) electrons. The van der Waals surface area contributed by atoms with Crippen LogP contribution in [0.3, 0.4) is 0 Å². The highest BCUT2D eigenvalue weighted by Crippen LogP contribution is 2.20. The molecule has 4 heteroatoms. The van der Waals surface area contributed by atoms with Gasteiger partial charge in [-0.25, -0.2) is 9.37 Å². The van der Waals surface area contributed by atoms with Gasteiger partial charge in [0.1, 0.15) is 11.5 Å². The van der Waals surface area contributed by atoms with Gasteiger partial charge in [-0.05, 0) is 48.4 Å². The highest BCUT2D eigenvalue weighted by molar-refractivity contribution is 5.79. The number of hydrogen-bond donors (Lipinski definition) is 2. The van der Waals surface area contributed by atoms with Gasteiger partial charge in [-0.15, -0.1) is 0 Å². The lowest BCUT2D eigenvalue weighted by atomic mass is 10.1. The summed E-state index contributed by atoms with van der Waals surface area (Å²) in [6.45, 7) is 2.57. The Bertz CT molecular complexity index is 718. The molecule has 19 heavy (non-hydrogen) atoms. The topological polar surface area (TPSA) is 40.7 Å². The SMILES string of the molecule is Cc1cc(F)ccc1NCc1c[nH]c2ncccc12. The van der Waals surface area contributed by atoms with Gasteiger partial charge in [0.2, 0.25) is 0 Å². The van der Waals surface area contributed by atoms with E-state index >= 15 is 0 Å². The molecule has 0 unspecified atom stereocenters. The van der Waals surface area contributed by atoms with Gasteiger partial charge in [0.25, 0.3) is 0 Å². The summed E-state index contributed by atoms with van der Waals surface area (Å²) in [5.74, 6) is -0.209. The summed E-state index contributed by atoms with van der Waals surface area (Å²) in [6.07, 6.45) is 3.71. The van der Waals surface area contributed by atoms with E-state index in [9.17, 15) is 4.39 Å². The Morgan fingerprint density at radius 3 is 3.05 bits per heavy atom. The Balaban J connectivity index is 1.82. The molecule has 0 spiro atoms. The molecule has 2 aromatic heterocycles. The molecule has 96 valence electrons. The van der Waals surface area contributed by atoms with Crippen molar-refractivity contribution in [2.45, 2.75) is 13.5 Å². The average Bonchev–Trinajstić information content (AvgIpc) is 2.81. The summed E-state index contributed by atoms with van der Waals surface area (Å²) in [7, 11) is 0. The first-order valence-electron chi connectivity index (χ1n) is 6.15. The molecule has 0 amide bonds. The van der Waals surface area contributed by atoms with Crippen molar-refractivity contribution in [3.8, 4) is 0 Å². The molecule has 3 rings (SSSR count). The fourth-order valence-electron chi connectivity index (χ4n) is 2.17. The fourth-order valence-corrected chi connectivity index (χ4v) is 2.17. The molecule has 2 N–H and O–H groups in total. The van der Waals surface area contributed by atoms with E-state index in [1.165, 1.54) is 12.1 Å². The van der Waals surface area contributed by atoms with Crippen molar-refractivity contribution >= 4 is 16.7 Å². The van der Waals surface area contributed by atoms with Crippen LogP contribution in [0.25, 0.3) is 11.0 Å². The third-order valence-corrected chi connectivity index (χ3v) is 3.19. The monoisotopic (exact) mass is 255 g/mol. The van der Waals surface area contributed by atoms with Gasteiger partial charge in [-0.2, -0.15) is 0 Å². The lowest BCUT2D eigenvalue weighted by Crippen LogP contribution is -2.00. The van der Waals surface area contributed by atoms with E-state index in [4.69, 9.17) is 0 Å². The molecule has 0 saturated carbocycles. The van der Waals surface area contributed by atoms with Crippen LogP contribution in [0.15, 0.2) is 42.7 Å². The van der Waals surface area contributed by atoms with Crippen molar-refractivity contribution in [2.24, 2.45) is 0 Å². The Kier molecular flexibility index (Phi) is 2.91. The van der Waals surface area contributed by atoms with Crippen LogP contribution in [0.2, 0.25) is 0 Å². The molecule has 0 fully saturated rings. The number of aromatic nitrogens is 2. The van der Waals surface area contributed by atoms with E-state index in [0.717, 1.165) is 27.8 Å². The minimum Gasteiger partial charge on any atom is -0.381 e. The fraction of sp³-hybridized carbons (Fsp3) is 0.133. The number of anilines is 1. The van der Waals surface area contributed by atoms with Crippen LogP contribution in [0.4, 0.5) is 10.1 Å². The third kappa shape index (κ3) is 2.29. The maximum Gasteiger partial charge on any atom is 0.137 e. The maximum atomic E-state index is 13.0. The van der Waals surface area contributed by atoms with Crippen LogP contribution in [0.1, 0.15) is 11.1 Å². The number of benzene rings is 1. The Hall–Kier alpha value is -2.36. The summed E-state index contributed by atoms with van der Waals surface area (Å²) < 4.78 is 13.0. The van der Waals surface area contributed by atoms with E-state index in [1.54, 1.807) is 12.3 Å². The second kappa shape index (κ2) is 4.72. The maximum absolute atomic E-state index is 13.0. The molecular formula is C15H14FN3. The number of aromatic amines is 1. The quantitative estimate of drug-likeness (QED) is 0.750. The number of fused-ring (bicyclic) bond motifs is 1. The predicted molar refractivity (Wildman–Crippen MR) is 74.6 cm³/mol. The van der Waals surface area contributed by atoms with E-state index in [-0.39, 0.29) is 5.82 Å². The van der Waals surface area contributed by atoms with Gasteiger partial charge in [0, 0.05) is 30.0 Å². The van der Waals surface area contributed by atoms with Gasteiger partial charge in [-0.1, -0.05) is 0 Å². The molecule has 3 nitrogen and oxygen atoms in total. The number of H-pyrrole nitrogens is 1. The van der Waals surface area contributed by atoms with Gasteiger partial charge >= 0.3 is 0 Å². The third-order valence-electron chi connectivity index (χ3n) is 3.19. The zero-order valence-corrected chi connectivity index (χ0v) is 10.6. The minimum atomic E-state index is -0.209. The highest BCUT2D eigenvalue weighted by atomic mass is 19.1. The number of halogens is 1. The molecule has 0 aliphatic rings. The van der Waals surface area contributed by atoms with Crippen molar-refractivity contribution < 1.29 is 4.39 Å². The Morgan fingerprint density at radius 1 is 1.32 bits per heavy atom. The smallest absolute Gasteiger partial charge is 0.137 e. The van der Waals surface area contributed by atoms with Crippen LogP contribution in [-0.4, -0.2) is 9.97 Å². The van der Waals surface area contributed by atoms with Crippen molar-refractivity contribution in [2.75, 3.05) is 5.32 Å². The number of nitrogens with one attached hydrogen (secondary N) is 2. The molecule has 0 aliphatic carbocycles. The van der Waals surface area contributed by atoms with Crippen molar-refractivity contribution in [1.82, 2.24) is 9.97 Å². The molecule has 2 heterocycles. The predicted octanol–water partition coefficient (Wildman–Crippen LogP) is 3.62. The van der Waals surface area contributed by atoms with Crippen LogP contribution in [0, 0.1) is 12.7 Å². The molecule has 0 atom stereocenters. The highest BCUT2D eigenvalue weighted by Gasteiger charge is 2.05. The van der Waals surface area contributed by atoms with Gasteiger partial charge < -0.3 is 10.3 Å². The van der Waals surface area contributed by atoms with Gasteiger partial charge in [0.15, 0.2) is 0 Å². The standard InChI is InChI=1S/C15H14FN3/c1-10-7-12(16)4-5-14(10)18-8-11-9-19-15-13(11)3-2-6-17-15/h2-7,9,18H,8H2,1H3,(H,17,19). The first-order valence-corrected chi connectivity index (χ1v) is 6.15. The summed E-state index contributed by atoms with van der Waals surface area (Å²) in [4.78, 5) is 7.39.